The number of fused-ring (bicyclic) bond motifs is 1. The number of nitrogen functional groups attached to an aromatic ring is 1. The number of hydrogen-bond acceptors (Lipinski definition) is 10. The molecule has 24 heavy (non-hydrogen) atoms. The summed E-state index contributed by atoms with van der Waals surface area (Å²) >= 11 is 0. The predicted octanol–water partition coefficient (Wildman–Crippen LogP) is -2.21. The van der Waals surface area contributed by atoms with Gasteiger partial charge in [-0.3, -0.25) is 4.57 Å². The molecular weight excluding hydrogens is 322 g/mol. The average molecular weight is 341 g/mol. The summed E-state index contributed by atoms with van der Waals surface area (Å²) < 4.78 is 17.6. The van der Waals surface area contributed by atoms with Gasteiger partial charge in [0.15, 0.2) is 17.6 Å². The highest BCUT2D eigenvalue weighted by Crippen LogP contribution is 2.38. The molecule has 0 unspecified atom stereocenters. The van der Waals surface area contributed by atoms with E-state index < -0.39 is 30.8 Å². The number of methoxy groups -OCH3 is 1. The highest BCUT2D eigenvalue weighted by atomic mass is 16.8. The summed E-state index contributed by atoms with van der Waals surface area (Å²) in [6, 6.07) is 0. The highest BCUT2D eigenvalue weighted by Gasteiger charge is 2.57. The van der Waals surface area contributed by atoms with Gasteiger partial charge < -0.3 is 35.3 Å². The molecule has 11 heteroatoms. The van der Waals surface area contributed by atoms with Crippen LogP contribution in [-0.2, 0) is 20.1 Å². The Balaban J connectivity index is 2.09. The molecule has 0 aromatic carbocycles. The Bertz CT molecular complexity index is 711. The standard InChI is InChI=1S/C13H19N5O6/c1-22-2-3-23-13(10(21)9(20)7(4-19)24-13)18-6-17-8-11(14)15-5-16-12(8)18/h5-7,9-10,19-21H,2-4H2,1H3,(H2,14,15,16)/t7-,9-,10-,13-/m1/s1. The van der Waals surface area contributed by atoms with Crippen LogP contribution in [-0.4, -0.2) is 80.1 Å². The van der Waals surface area contributed by atoms with Gasteiger partial charge in [0.25, 0.3) is 5.91 Å². The lowest BCUT2D eigenvalue weighted by Crippen LogP contribution is -2.48. The number of ether oxygens (including phenoxy) is 3. The Hall–Kier alpha value is -1.89. The maximum atomic E-state index is 10.5. The minimum Gasteiger partial charge on any atom is -0.394 e. The minimum atomic E-state index is -1.83. The summed E-state index contributed by atoms with van der Waals surface area (Å²) in [6.45, 7) is -0.225. The summed E-state index contributed by atoms with van der Waals surface area (Å²) in [4.78, 5) is 12.1. The molecule has 2 aromatic heterocycles. The average Bonchev–Trinajstić information content (AvgIpc) is 3.12. The molecule has 1 saturated heterocycles. The van der Waals surface area contributed by atoms with Crippen molar-refractivity contribution in [1.29, 1.82) is 0 Å². The summed E-state index contributed by atoms with van der Waals surface area (Å²) in [5, 5.41) is 30.0. The molecule has 0 bridgehead atoms. The first-order valence-electron chi connectivity index (χ1n) is 7.27. The van der Waals surface area contributed by atoms with Crippen molar-refractivity contribution >= 4 is 17.0 Å². The number of imidazole rings is 1. The van der Waals surface area contributed by atoms with E-state index in [9.17, 15) is 15.3 Å². The van der Waals surface area contributed by atoms with Gasteiger partial charge in [-0.2, -0.15) is 0 Å². The van der Waals surface area contributed by atoms with Crippen LogP contribution >= 0.6 is 0 Å². The predicted molar refractivity (Wildman–Crippen MR) is 79.5 cm³/mol. The maximum absolute atomic E-state index is 10.5. The largest absolute Gasteiger partial charge is 0.394 e. The number of aromatic nitrogens is 4. The summed E-state index contributed by atoms with van der Waals surface area (Å²) in [7, 11) is 1.49. The molecule has 1 aliphatic heterocycles. The van der Waals surface area contributed by atoms with Gasteiger partial charge in [-0.15, -0.1) is 0 Å². The number of nitrogens with zero attached hydrogens (tertiary/aromatic N) is 4. The zero-order valence-corrected chi connectivity index (χ0v) is 12.9. The number of hydrogen-bond donors (Lipinski definition) is 4. The normalized spacial score (nSPS) is 30.2. The van der Waals surface area contributed by atoms with Crippen LogP contribution in [0.3, 0.4) is 0 Å². The Morgan fingerprint density at radius 2 is 2.12 bits per heavy atom. The molecule has 132 valence electrons. The van der Waals surface area contributed by atoms with Gasteiger partial charge in [0.05, 0.1) is 19.8 Å². The van der Waals surface area contributed by atoms with Crippen molar-refractivity contribution < 1.29 is 29.5 Å². The highest BCUT2D eigenvalue weighted by molar-refractivity contribution is 5.81. The van der Waals surface area contributed by atoms with Crippen LogP contribution in [0.1, 0.15) is 0 Å². The quantitative estimate of drug-likeness (QED) is 0.425. The molecule has 0 radical (unpaired) electrons. The van der Waals surface area contributed by atoms with E-state index in [2.05, 4.69) is 15.0 Å². The molecule has 4 atom stereocenters. The zero-order valence-electron chi connectivity index (χ0n) is 12.9. The van der Waals surface area contributed by atoms with Crippen LogP contribution in [0, 0.1) is 0 Å². The molecule has 0 saturated carbocycles. The van der Waals surface area contributed by atoms with Crippen LogP contribution in [0.15, 0.2) is 12.7 Å². The van der Waals surface area contributed by atoms with Gasteiger partial charge in [0, 0.05) is 7.11 Å². The van der Waals surface area contributed by atoms with Crippen LogP contribution in [0.5, 0.6) is 0 Å². The topological polar surface area (TPSA) is 158 Å². The van der Waals surface area contributed by atoms with Crippen LogP contribution in [0.4, 0.5) is 5.82 Å². The Morgan fingerprint density at radius 1 is 1.33 bits per heavy atom. The zero-order chi connectivity index (χ0) is 17.3. The second-order valence-electron chi connectivity index (χ2n) is 5.29. The molecule has 0 aliphatic carbocycles. The molecule has 3 rings (SSSR count). The van der Waals surface area contributed by atoms with Gasteiger partial charge >= 0.3 is 0 Å². The fourth-order valence-electron chi connectivity index (χ4n) is 2.66. The van der Waals surface area contributed by atoms with E-state index >= 15 is 0 Å². The van der Waals surface area contributed by atoms with Gasteiger partial charge in [-0.25, -0.2) is 15.0 Å². The van der Waals surface area contributed by atoms with E-state index in [0.717, 1.165) is 0 Å². The van der Waals surface area contributed by atoms with Crippen LogP contribution < -0.4 is 5.73 Å². The minimum absolute atomic E-state index is 0.0542. The summed E-state index contributed by atoms with van der Waals surface area (Å²) in [5.41, 5.74) is 6.32. The molecule has 1 fully saturated rings. The van der Waals surface area contributed by atoms with Crippen molar-refractivity contribution in [1.82, 2.24) is 19.5 Å². The second kappa shape index (κ2) is 6.55. The molecule has 5 N–H and O–H groups in total. The number of aliphatic hydroxyl groups is 3. The first kappa shape index (κ1) is 17.0. The van der Waals surface area contributed by atoms with Crippen molar-refractivity contribution in [2.24, 2.45) is 0 Å². The van der Waals surface area contributed by atoms with Crippen molar-refractivity contribution in [2.45, 2.75) is 24.2 Å². The molecule has 0 spiro atoms. The smallest absolute Gasteiger partial charge is 0.288 e. The number of aliphatic hydroxyl groups excluding tert-OH is 3. The maximum Gasteiger partial charge on any atom is 0.288 e. The molecule has 1 aliphatic rings. The molecular formula is C13H19N5O6. The van der Waals surface area contributed by atoms with E-state index in [4.69, 9.17) is 19.9 Å². The monoisotopic (exact) mass is 341 g/mol. The number of rotatable bonds is 6. The molecule has 2 aromatic rings. The van der Waals surface area contributed by atoms with Gasteiger partial charge in [0.2, 0.25) is 0 Å². The van der Waals surface area contributed by atoms with Crippen molar-refractivity contribution in [3.63, 3.8) is 0 Å². The van der Waals surface area contributed by atoms with Crippen molar-refractivity contribution in [3.8, 4) is 0 Å². The van der Waals surface area contributed by atoms with Gasteiger partial charge in [-0.1, -0.05) is 0 Å². The van der Waals surface area contributed by atoms with E-state index in [1.54, 1.807) is 0 Å². The fourth-order valence-corrected chi connectivity index (χ4v) is 2.66. The lowest BCUT2D eigenvalue weighted by atomic mass is 10.1. The SMILES string of the molecule is COCCO[C@@]1(n2cnc3c(N)ncnc32)O[C@H](CO)[C@@H](O)[C@H]1O. The second-order valence-corrected chi connectivity index (χ2v) is 5.29. The van der Waals surface area contributed by atoms with Gasteiger partial charge in [0.1, 0.15) is 30.4 Å². The van der Waals surface area contributed by atoms with Crippen molar-refractivity contribution in [3.05, 3.63) is 12.7 Å². The Labute approximate surface area is 136 Å². The van der Waals surface area contributed by atoms with E-state index in [-0.39, 0.29) is 24.7 Å². The molecule has 3 heterocycles. The third-order valence-electron chi connectivity index (χ3n) is 3.87. The summed E-state index contributed by atoms with van der Waals surface area (Å²) in [6.07, 6.45) is -1.36. The van der Waals surface area contributed by atoms with E-state index in [1.165, 1.54) is 24.3 Å². The summed E-state index contributed by atoms with van der Waals surface area (Å²) in [5.74, 6) is -1.68. The molecule has 11 nitrogen and oxygen atoms in total. The molecule has 0 amide bonds. The van der Waals surface area contributed by atoms with Crippen LogP contribution in [0.2, 0.25) is 0 Å². The fraction of sp³-hybridized carbons (Fsp3) is 0.615. The first-order chi connectivity index (χ1) is 11.5. The van der Waals surface area contributed by atoms with Crippen molar-refractivity contribution in [2.75, 3.05) is 32.7 Å². The van der Waals surface area contributed by atoms with Crippen LogP contribution in [0.25, 0.3) is 11.2 Å². The lowest BCUT2D eigenvalue weighted by Gasteiger charge is -2.33. The number of anilines is 1. The third kappa shape index (κ3) is 2.51. The van der Waals surface area contributed by atoms with E-state index in [0.29, 0.717) is 5.52 Å². The van der Waals surface area contributed by atoms with Gasteiger partial charge in [-0.05, 0) is 0 Å². The van der Waals surface area contributed by atoms with E-state index in [1.807, 2.05) is 0 Å². The Morgan fingerprint density at radius 3 is 2.79 bits per heavy atom. The first-order valence-corrected chi connectivity index (χ1v) is 7.27. The number of nitrogens with two attached hydrogens (primary N) is 1. The Kier molecular flexibility index (Phi) is 4.62. The third-order valence-corrected chi connectivity index (χ3v) is 3.87. The lowest BCUT2D eigenvalue weighted by molar-refractivity contribution is -0.316.